The van der Waals surface area contributed by atoms with Crippen molar-refractivity contribution in [2.75, 3.05) is 13.7 Å². The maximum absolute atomic E-state index is 13.3. The molecule has 0 aromatic carbocycles. The zero-order valence-corrected chi connectivity index (χ0v) is 17.9. The lowest BCUT2D eigenvalue weighted by Gasteiger charge is -2.18. The Labute approximate surface area is 181 Å². The molecule has 0 aliphatic carbocycles. The quantitative estimate of drug-likeness (QED) is 0.299. The minimum Gasteiger partial charge on any atom is -0.468 e. The number of hydrogen-bond donors (Lipinski definition) is 4. The van der Waals surface area contributed by atoms with Crippen molar-refractivity contribution < 1.29 is 29.6 Å². The first kappa shape index (κ1) is 22.4. The van der Waals surface area contributed by atoms with Gasteiger partial charge in [-0.15, -0.1) is 0 Å². The first-order chi connectivity index (χ1) is 15.2. The maximum atomic E-state index is 13.3. The van der Waals surface area contributed by atoms with Gasteiger partial charge < -0.3 is 30.5 Å². The van der Waals surface area contributed by atoms with E-state index in [4.69, 9.17) is 10.5 Å². The minimum atomic E-state index is -1.33. The van der Waals surface area contributed by atoms with Crippen molar-refractivity contribution in [1.82, 2.24) is 23.5 Å². The van der Waals surface area contributed by atoms with Crippen molar-refractivity contribution in [3.8, 4) is 0 Å². The summed E-state index contributed by atoms with van der Waals surface area (Å²) in [6.45, 7) is 1.28. The Kier molecular flexibility index (Phi) is 5.77. The Morgan fingerprint density at radius 2 is 2.09 bits per heavy atom. The van der Waals surface area contributed by atoms with Gasteiger partial charge in [0.05, 0.1) is 31.4 Å². The number of rotatable bonds is 6. The SMILES string of the molecule is COC(=O)C(N)CCc1c(C)nc2n(C)c3c(ncn3[C@@H]3O[C@H](CO)C(O)[C@@H]3O)c(=O)n12. The molecule has 3 aromatic rings. The Balaban J connectivity index is 1.81. The van der Waals surface area contributed by atoms with Crippen LogP contribution in [0.2, 0.25) is 0 Å². The van der Waals surface area contributed by atoms with Crippen LogP contribution < -0.4 is 11.3 Å². The summed E-state index contributed by atoms with van der Waals surface area (Å²) in [6.07, 6.45) is -2.71. The van der Waals surface area contributed by atoms with Gasteiger partial charge in [-0.1, -0.05) is 0 Å². The van der Waals surface area contributed by atoms with Gasteiger partial charge in [0.15, 0.2) is 17.4 Å². The third kappa shape index (κ3) is 3.29. The zero-order chi connectivity index (χ0) is 23.3. The largest absolute Gasteiger partial charge is 0.468 e. The second-order valence-corrected chi connectivity index (χ2v) is 7.86. The van der Waals surface area contributed by atoms with E-state index in [0.29, 0.717) is 29.2 Å². The van der Waals surface area contributed by atoms with E-state index in [1.54, 1.807) is 18.5 Å². The van der Waals surface area contributed by atoms with E-state index < -0.39 is 48.7 Å². The number of aliphatic hydroxyl groups excluding tert-OH is 3. The van der Waals surface area contributed by atoms with Crippen LogP contribution in [0, 0.1) is 6.92 Å². The molecule has 13 nitrogen and oxygen atoms in total. The van der Waals surface area contributed by atoms with Crippen LogP contribution in [0.25, 0.3) is 16.9 Å². The fraction of sp³-hybridized carbons (Fsp3) is 0.579. The van der Waals surface area contributed by atoms with Crippen LogP contribution in [-0.4, -0.2) is 82.9 Å². The van der Waals surface area contributed by atoms with Crippen LogP contribution in [0.4, 0.5) is 0 Å². The molecular formula is C19H26N6O7. The number of esters is 1. The number of aryl methyl sites for hydroxylation is 3. The van der Waals surface area contributed by atoms with Gasteiger partial charge in [0.25, 0.3) is 5.56 Å². The van der Waals surface area contributed by atoms with Gasteiger partial charge in [-0.3, -0.25) is 18.7 Å². The van der Waals surface area contributed by atoms with Crippen molar-refractivity contribution >= 4 is 22.9 Å². The molecule has 0 saturated carbocycles. The minimum absolute atomic E-state index is 0.105. The third-order valence-electron chi connectivity index (χ3n) is 5.93. The molecule has 32 heavy (non-hydrogen) atoms. The standard InChI is InChI=1S/C19H26N6O7/c1-8-10(5-4-9(20)18(30)31-3)25-16(29)12-15(23(2)19(25)22-8)24(7-21-12)17-14(28)13(27)11(6-26)32-17/h7,9,11,13-14,17,26-28H,4-6,20H2,1-3H3/t9?,11-,13?,14+,17-/m1/s1. The van der Waals surface area contributed by atoms with E-state index in [2.05, 4.69) is 14.7 Å². The van der Waals surface area contributed by atoms with Crippen molar-refractivity contribution in [3.63, 3.8) is 0 Å². The van der Waals surface area contributed by atoms with Gasteiger partial charge in [-0.2, -0.15) is 0 Å². The van der Waals surface area contributed by atoms with Crippen LogP contribution in [0.5, 0.6) is 0 Å². The Morgan fingerprint density at radius 3 is 2.72 bits per heavy atom. The molecule has 1 aliphatic rings. The summed E-state index contributed by atoms with van der Waals surface area (Å²) in [6, 6.07) is -0.830. The molecule has 13 heteroatoms. The van der Waals surface area contributed by atoms with Crippen LogP contribution in [-0.2, 0) is 27.7 Å². The average molecular weight is 450 g/mol. The summed E-state index contributed by atoms with van der Waals surface area (Å²) < 4.78 is 14.7. The van der Waals surface area contributed by atoms with E-state index in [0.717, 1.165) is 0 Å². The molecular weight excluding hydrogens is 424 g/mol. The number of nitrogens with two attached hydrogens (primary N) is 1. The summed E-state index contributed by atoms with van der Waals surface area (Å²) in [5.41, 5.74) is 7.05. The topological polar surface area (TPSA) is 179 Å². The first-order valence-electron chi connectivity index (χ1n) is 10.1. The van der Waals surface area contributed by atoms with Gasteiger partial charge in [-0.05, 0) is 19.8 Å². The van der Waals surface area contributed by atoms with Crippen LogP contribution in [0.15, 0.2) is 11.1 Å². The summed E-state index contributed by atoms with van der Waals surface area (Å²) in [7, 11) is 2.95. The number of fused-ring (bicyclic) bond motifs is 2. The first-order valence-corrected chi connectivity index (χ1v) is 10.1. The smallest absolute Gasteiger partial charge is 0.322 e. The number of carbonyl (C=O) groups excluding carboxylic acids is 1. The fourth-order valence-electron chi connectivity index (χ4n) is 4.17. The number of carbonyl (C=O) groups is 1. The van der Waals surface area contributed by atoms with E-state index in [9.17, 15) is 24.9 Å². The third-order valence-corrected chi connectivity index (χ3v) is 5.93. The van der Waals surface area contributed by atoms with Crippen molar-refractivity contribution in [2.45, 2.75) is 50.3 Å². The highest BCUT2D eigenvalue weighted by Crippen LogP contribution is 2.31. The predicted octanol–water partition coefficient (Wildman–Crippen LogP) is -2.26. The molecule has 5 N–H and O–H groups in total. The number of methoxy groups -OCH3 is 1. The lowest BCUT2D eigenvalue weighted by atomic mass is 10.1. The number of aromatic nitrogens is 5. The number of nitrogens with zero attached hydrogens (tertiary/aromatic N) is 5. The average Bonchev–Trinajstić information content (AvgIpc) is 3.44. The number of aliphatic hydroxyl groups is 3. The van der Waals surface area contributed by atoms with Gasteiger partial charge in [0.1, 0.15) is 24.4 Å². The lowest BCUT2D eigenvalue weighted by Crippen LogP contribution is -2.33. The predicted molar refractivity (Wildman–Crippen MR) is 110 cm³/mol. The van der Waals surface area contributed by atoms with Crippen molar-refractivity contribution in [2.24, 2.45) is 12.8 Å². The molecule has 0 spiro atoms. The summed E-state index contributed by atoms with van der Waals surface area (Å²) in [5.74, 6) is -0.209. The molecule has 4 rings (SSSR count). The van der Waals surface area contributed by atoms with Gasteiger partial charge in [0.2, 0.25) is 5.78 Å². The maximum Gasteiger partial charge on any atom is 0.322 e. The Bertz CT molecular complexity index is 1230. The molecule has 4 heterocycles. The lowest BCUT2D eigenvalue weighted by molar-refractivity contribution is -0.142. The highest BCUT2D eigenvalue weighted by atomic mass is 16.6. The molecule has 1 saturated heterocycles. The monoisotopic (exact) mass is 450 g/mol. The summed E-state index contributed by atoms with van der Waals surface area (Å²) >= 11 is 0. The van der Waals surface area contributed by atoms with E-state index in [1.165, 1.54) is 22.4 Å². The Morgan fingerprint density at radius 1 is 1.38 bits per heavy atom. The Hall–Kier alpha value is -2.84. The fourth-order valence-corrected chi connectivity index (χ4v) is 4.17. The molecule has 3 aromatic heterocycles. The second kappa shape index (κ2) is 8.26. The number of hydrogen-bond acceptors (Lipinski definition) is 10. The molecule has 0 bridgehead atoms. The highest BCUT2D eigenvalue weighted by Gasteiger charge is 2.44. The highest BCUT2D eigenvalue weighted by molar-refractivity contribution is 5.75. The molecule has 1 fully saturated rings. The number of ether oxygens (including phenoxy) is 2. The summed E-state index contributed by atoms with van der Waals surface area (Å²) in [4.78, 5) is 33.7. The molecule has 174 valence electrons. The molecule has 2 unspecified atom stereocenters. The second-order valence-electron chi connectivity index (χ2n) is 7.86. The van der Waals surface area contributed by atoms with Crippen LogP contribution in [0.1, 0.15) is 24.0 Å². The molecule has 5 atom stereocenters. The van der Waals surface area contributed by atoms with E-state index in [1.807, 2.05) is 0 Å². The molecule has 0 amide bonds. The molecule has 1 aliphatic heterocycles. The van der Waals surface area contributed by atoms with Gasteiger partial charge in [-0.25, -0.2) is 14.4 Å². The zero-order valence-electron chi connectivity index (χ0n) is 17.9. The summed E-state index contributed by atoms with van der Waals surface area (Å²) in [5, 5.41) is 29.9. The van der Waals surface area contributed by atoms with Crippen LogP contribution in [0.3, 0.4) is 0 Å². The normalized spacial score (nSPS) is 24.5. The number of imidazole rings is 2. The van der Waals surface area contributed by atoms with E-state index in [-0.39, 0.29) is 11.9 Å². The van der Waals surface area contributed by atoms with Gasteiger partial charge in [0, 0.05) is 7.05 Å². The van der Waals surface area contributed by atoms with Gasteiger partial charge >= 0.3 is 5.97 Å². The van der Waals surface area contributed by atoms with E-state index >= 15 is 0 Å². The molecule has 0 radical (unpaired) electrons. The van der Waals surface area contributed by atoms with Crippen molar-refractivity contribution in [1.29, 1.82) is 0 Å². The van der Waals surface area contributed by atoms with Crippen molar-refractivity contribution in [3.05, 3.63) is 28.1 Å². The van der Waals surface area contributed by atoms with Crippen LogP contribution >= 0.6 is 0 Å².